The maximum Gasteiger partial charge on any atom is 0.384 e. The van der Waals surface area contributed by atoms with Gasteiger partial charge in [-0.25, -0.2) is 4.79 Å². The normalized spacial score (nSPS) is 29.3. The standard InChI is InChI=1S/C42H68O7Si2/c1-31-17-14-20-37-36(44-9)25-23-33(46-37)18-16-22-40(43)47-38(21-15-19-35(30-31)48-50(10,11)41(3,4)5)39(49-51(12,13)42(6,7)8)26-24-34-29-32(2)27-28-45-34/h15,19,23-27,33-39H,1,14,17-18,20-21,28-30H2,2-13H3/b19-15-,26-24+. The molecule has 286 valence electrons. The topological polar surface area (TPSA) is 72.5 Å². The van der Waals surface area contributed by atoms with E-state index >= 15 is 0 Å². The van der Waals surface area contributed by atoms with Crippen LogP contribution in [0.4, 0.5) is 0 Å². The average molecular weight is 741 g/mol. The molecular formula is C42H68O7Si2. The van der Waals surface area contributed by atoms with Crippen molar-refractivity contribution in [1.29, 1.82) is 0 Å². The second-order valence-corrected chi connectivity index (χ2v) is 27.0. The SMILES string of the molecule is C=C1CCCC2OC(C=CC2OC)CC#CC(=O)OC(C(/C=C/C2CC(C)=CCO2)O[Si](C)(C)C(C)(C)C)C/C=C\C(O[Si](C)(C)C(C)(C)C)C1. The van der Waals surface area contributed by atoms with Crippen molar-refractivity contribution in [2.75, 3.05) is 13.7 Å². The highest BCUT2D eigenvalue weighted by molar-refractivity contribution is 6.74. The first-order chi connectivity index (χ1) is 23.7. The van der Waals surface area contributed by atoms with Crippen LogP contribution in [-0.4, -0.2) is 79.0 Å². The van der Waals surface area contributed by atoms with E-state index in [1.165, 1.54) is 5.57 Å². The zero-order chi connectivity index (χ0) is 38.0. The molecule has 0 aromatic rings. The molecule has 0 saturated carbocycles. The number of hydrogen-bond acceptors (Lipinski definition) is 7. The van der Waals surface area contributed by atoms with E-state index in [-0.39, 0.29) is 40.6 Å². The molecule has 2 bridgehead atoms. The molecule has 51 heavy (non-hydrogen) atoms. The van der Waals surface area contributed by atoms with Crippen LogP contribution in [0.1, 0.15) is 93.4 Å². The Morgan fingerprint density at radius 3 is 2.37 bits per heavy atom. The minimum Gasteiger partial charge on any atom is -0.449 e. The average Bonchev–Trinajstić information content (AvgIpc) is 3.01. The second-order valence-electron chi connectivity index (χ2n) is 17.5. The highest BCUT2D eigenvalue weighted by Gasteiger charge is 2.41. The number of ether oxygens (including phenoxy) is 4. The van der Waals surface area contributed by atoms with E-state index in [0.717, 1.165) is 37.7 Å². The van der Waals surface area contributed by atoms with Gasteiger partial charge in [-0.05, 0) is 75.3 Å². The van der Waals surface area contributed by atoms with Crippen LogP contribution in [0.5, 0.6) is 0 Å². The van der Waals surface area contributed by atoms with Crippen LogP contribution in [0.15, 0.2) is 60.3 Å². The maximum atomic E-state index is 13.4. The van der Waals surface area contributed by atoms with Crippen molar-refractivity contribution in [2.45, 2.75) is 172 Å². The molecule has 0 amide bonds. The quantitative estimate of drug-likeness (QED) is 0.0807. The molecule has 3 heterocycles. The van der Waals surface area contributed by atoms with Crippen LogP contribution in [0.25, 0.3) is 0 Å². The molecule has 0 radical (unpaired) electrons. The van der Waals surface area contributed by atoms with Crippen LogP contribution in [0.2, 0.25) is 36.3 Å². The lowest BCUT2D eigenvalue weighted by molar-refractivity contribution is -0.145. The highest BCUT2D eigenvalue weighted by atomic mass is 28.4. The Morgan fingerprint density at radius 2 is 1.73 bits per heavy atom. The van der Waals surface area contributed by atoms with Crippen LogP contribution >= 0.6 is 0 Å². The molecule has 0 aromatic carbocycles. The zero-order valence-electron chi connectivity index (χ0n) is 33.8. The minimum atomic E-state index is -2.30. The van der Waals surface area contributed by atoms with E-state index < -0.39 is 34.8 Å². The lowest BCUT2D eigenvalue weighted by Gasteiger charge is -2.40. The van der Waals surface area contributed by atoms with Gasteiger partial charge in [-0.2, -0.15) is 0 Å². The molecule has 3 aliphatic heterocycles. The van der Waals surface area contributed by atoms with Crippen molar-refractivity contribution in [1.82, 2.24) is 0 Å². The molecule has 7 atom stereocenters. The number of esters is 1. The molecular weight excluding hydrogens is 673 g/mol. The fraction of sp³-hybridized carbons (Fsp3) is 0.690. The Labute approximate surface area is 312 Å². The summed E-state index contributed by atoms with van der Waals surface area (Å²) in [6.45, 7) is 29.7. The van der Waals surface area contributed by atoms with Crippen molar-refractivity contribution in [2.24, 2.45) is 0 Å². The molecule has 7 unspecified atom stereocenters. The summed E-state index contributed by atoms with van der Waals surface area (Å²) < 4.78 is 38.4. The molecule has 3 aliphatic rings. The van der Waals surface area contributed by atoms with Gasteiger partial charge in [0.2, 0.25) is 0 Å². The fourth-order valence-corrected chi connectivity index (χ4v) is 8.36. The van der Waals surface area contributed by atoms with Gasteiger partial charge in [0, 0.05) is 25.9 Å². The number of rotatable bonds is 8. The summed E-state index contributed by atoms with van der Waals surface area (Å²) in [6.07, 6.45) is 17.8. The summed E-state index contributed by atoms with van der Waals surface area (Å²) in [4.78, 5) is 13.4. The molecule has 0 spiro atoms. The van der Waals surface area contributed by atoms with E-state index in [4.69, 9.17) is 27.8 Å². The molecule has 0 saturated heterocycles. The molecule has 0 aromatic heterocycles. The zero-order valence-corrected chi connectivity index (χ0v) is 35.8. The molecule has 3 rings (SSSR count). The van der Waals surface area contributed by atoms with Crippen molar-refractivity contribution in [3.63, 3.8) is 0 Å². The summed E-state index contributed by atoms with van der Waals surface area (Å²) in [7, 11) is -2.71. The summed E-state index contributed by atoms with van der Waals surface area (Å²) in [5, 5.41) is -0.00526. The van der Waals surface area contributed by atoms with Crippen molar-refractivity contribution in [3.05, 3.63) is 60.3 Å². The number of hydrogen-bond donors (Lipinski definition) is 0. The first-order valence-corrected chi connectivity index (χ1v) is 24.7. The van der Waals surface area contributed by atoms with Gasteiger partial charge in [-0.1, -0.05) is 108 Å². The lowest BCUT2D eigenvalue weighted by atomic mass is 9.98. The van der Waals surface area contributed by atoms with Gasteiger partial charge in [0.05, 0.1) is 31.0 Å². The molecule has 0 fully saturated rings. The van der Waals surface area contributed by atoms with Crippen molar-refractivity contribution >= 4 is 22.6 Å². The van der Waals surface area contributed by atoms with Crippen LogP contribution in [0.3, 0.4) is 0 Å². The predicted molar refractivity (Wildman–Crippen MR) is 214 cm³/mol. The van der Waals surface area contributed by atoms with E-state index in [9.17, 15) is 4.79 Å². The van der Waals surface area contributed by atoms with Gasteiger partial charge in [0.1, 0.15) is 18.3 Å². The predicted octanol–water partition coefficient (Wildman–Crippen LogP) is 9.78. The number of carbonyl (C=O) groups is 1. The largest absolute Gasteiger partial charge is 0.449 e. The van der Waals surface area contributed by atoms with E-state index in [2.05, 4.69) is 123 Å². The number of methoxy groups -OCH3 is 1. The summed E-state index contributed by atoms with van der Waals surface area (Å²) in [6, 6.07) is 0. The first kappa shape index (κ1) is 43.4. The monoisotopic (exact) mass is 740 g/mol. The third kappa shape index (κ3) is 13.7. The summed E-state index contributed by atoms with van der Waals surface area (Å²) in [5.41, 5.74) is 2.45. The number of fused-ring (bicyclic) bond motifs is 2. The first-order valence-electron chi connectivity index (χ1n) is 18.9. The van der Waals surface area contributed by atoms with E-state index in [0.29, 0.717) is 19.4 Å². The van der Waals surface area contributed by atoms with Gasteiger partial charge < -0.3 is 27.8 Å². The van der Waals surface area contributed by atoms with Crippen LogP contribution in [0, 0.1) is 11.8 Å². The molecule has 0 aliphatic carbocycles. The van der Waals surface area contributed by atoms with Crippen molar-refractivity contribution in [3.8, 4) is 11.8 Å². The molecule has 0 N–H and O–H groups in total. The van der Waals surface area contributed by atoms with Gasteiger partial charge in [-0.15, -0.1) is 0 Å². The Hall–Kier alpha value is -2.04. The van der Waals surface area contributed by atoms with E-state index in [1.807, 2.05) is 12.2 Å². The highest BCUT2D eigenvalue weighted by Crippen LogP contribution is 2.40. The van der Waals surface area contributed by atoms with Gasteiger partial charge >= 0.3 is 5.97 Å². The Bertz CT molecular complexity index is 1350. The van der Waals surface area contributed by atoms with Crippen LogP contribution in [-0.2, 0) is 32.6 Å². The Kier molecular flexibility index (Phi) is 16.0. The second kappa shape index (κ2) is 18.8. The van der Waals surface area contributed by atoms with Gasteiger partial charge in [-0.3, -0.25) is 0 Å². The maximum absolute atomic E-state index is 13.4. The number of carbonyl (C=O) groups excluding carboxylic acids is 1. The molecule has 7 nitrogen and oxygen atoms in total. The summed E-state index contributed by atoms with van der Waals surface area (Å²) in [5.74, 6) is 5.22. The third-order valence-electron chi connectivity index (χ3n) is 11.1. The minimum absolute atomic E-state index is 0.0457. The van der Waals surface area contributed by atoms with Gasteiger partial charge in [0.15, 0.2) is 16.6 Å². The van der Waals surface area contributed by atoms with E-state index in [1.54, 1.807) is 7.11 Å². The van der Waals surface area contributed by atoms with Crippen LogP contribution < -0.4 is 0 Å². The lowest BCUT2D eigenvalue weighted by Crippen LogP contribution is -2.47. The fourth-order valence-electron chi connectivity index (χ4n) is 5.82. The van der Waals surface area contributed by atoms with Crippen molar-refractivity contribution < 1.29 is 32.6 Å². The number of cyclic esters (lactones) is 1. The Morgan fingerprint density at radius 1 is 1.02 bits per heavy atom. The third-order valence-corrected chi connectivity index (χ3v) is 20.1. The smallest absolute Gasteiger partial charge is 0.384 e. The van der Waals surface area contributed by atoms with Gasteiger partial charge in [0.25, 0.3) is 0 Å². The Balaban J connectivity index is 2.03. The summed E-state index contributed by atoms with van der Waals surface area (Å²) >= 11 is 0. The molecule has 9 heteroatoms.